The summed E-state index contributed by atoms with van der Waals surface area (Å²) in [5, 5.41) is 14.6. The average molecular weight is 555 g/mol. The number of ether oxygens (including phenoxy) is 1. The van der Waals surface area contributed by atoms with Crippen molar-refractivity contribution in [1.82, 2.24) is 10.2 Å². The van der Waals surface area contributed by atoms with Crippen molar-refractivity contribution < 1.29 is 27.7 Å². The molecule has 13 heteroatoms. The summed E-state index contributed by atoms with van der Waals surface area (Å²) >= 11 is 5.98. The molecule has 0 spiro atoms. The number of nitro benzene ring substituents is 1. The van der Waals surface area contributed by atoms with Crippen LogP contribution in [0.15, 0.2) is 42.5 Å². The summed E-state index contributed by atoms with van der Waals surface area (Å²) in [6.45, 7) is 3.36. The summed E-state index contributed by atoms with van der Waals surface area (Å²) in [5.41, 5.74) is 0.140. The minimum absolute atomic E-state index is 0.0116. The molecule has 0 aromatic heterocycles. The molecule has 0 unspecified atom stereocenters. The van der Waals surface area contributed by atoms with Gasteiger partial charge in [0.05, 0.1) is 18.3 Å². The quantitative estimate of drug-likeness (QED) is 0.296. The molecule has 2 aromatic rings. The Labute approximate surface area is 221 Å². The van der Waals surface area contributed by atoms with E-state index in [1.165, 1.54) is 24.1 Å². The predicted molar refractivity (Wildman–Crippen MR) is 141 cm³/mol. The Morgan fingerprint density at radius 3 is 2.32 bits per heavy atom. The van der Waals surface area contributed by atoms with Gasteiger partial charge >= 0.3 is 0 Å². The molecule has 11 nitrogen and oxygen atoms in total. The highest BCUT2D eigenvalue weighted by Gasteiger charge is 2.33. The van der Waals surface area contributed by atoms with E-state index in [1.54, 1.807) is 31.2 Å². The Kier molecular flexibility index (Phi) is 10.7. The van der Waals surface area contributed by atoms with Gasteiger partial charge in [-0.3, -0.25) is 24.0 Å². The monoisotopic (exact) mass is 554 g/mol. The first-order valence-corrected chi connectivity index (χ1v) is 13.8. The fraction of sp³-hybridized carbons (Fsp3) is 0.417. The highest BCUT2D eigenvalue weighted by atomic mass is 35.5. The van der Waals surface area contributed by atoms with Crippen molar-refractivity contribution in [2.45, 2.75) is 39.3 Å². The van der Waals surface area contributed by atoms with Gasteiger partial charge in [0.25, 0.3) is 5.69 Å². The number of non-ortho nitro benzene ring substituents is 1. The van der Waals surface area contributed by atoms with E-state index in [4.69, 9.17) is 16.3 Å². The maximum atomic E-state index is 13.7. The topological polar surface area (TPSA) is 139 Å². The lowest BCUT2D eigenvalue weighted by Gasteiger charge is -2.33. The number of rotatable bonds is 13. The molecule has 2 aromatic carbocycles. The van der Waals surface area contributed by atoms with E-state index in [2.05, 4.69) is 5.32 Å². The summed E-state index contributed by atoms with van der Waals surface area (Å²) in [7, 11) is -2.82. The molecule has 0 aliphatic rings. The van der Waals surface area contributed by atoms with Gasteiger partial charge in [0.1, 0.15) is 24.0 Å². The van der Waals surface area contributed by atoms with Crippen molar-refractivity contribution >= 4 is 44.8 Å². The van der Waals surface area contributed by atoms with Gasteiger partial charge in [0.2, 0.25) is 21.8 Å². The molecule has 0 radical (unpaired) electrons. The van der Waals surface area contributed by atoms with Gasteiger partial charge < -0.3 is 15.0 Å². The van der Waals surface area contributed by atoms with Gasteiger partial charge in [0.15, 0.2) is 0 Å². The third-order valence-corrected chi connectivity index (χ3v) is 6.90. The van der Waals surface area contributed by atoms with Gasteiger partial charge in [-0.2, -0.15) is 0 Å². The predicted octanol–water partition coefficient (Wildman–Crippen LogP) is 3.36. The fourth-order valence-electron chi connectivity index (χ4n) is 3.65. The minimum Gasteiger partial charge on any atom is -0.495 e. The lowest BCUT2D eigenvalue weighted by molar-refractivity contribution is -0.384. The van der Waals surface area contributed by atoms with Crippen LogP contribution in [-0.2, 0) is 26.2 Å². The van der Waals surface area contributed by atoms with Crippen molar-refractivity contribution in [3.63, 3.8) is 0 Å². The van der Waals surface area contributed by atoms with Crippen LogP contribution in [0.2, 0.25) is 5.02 Å². The fourth-order valence-corrected chi connectivity index (χ4v) is 4.62. The second-order valence-corrected chi connectivity index (χ2v) is 10.6. The smallest absolute Gasteiger partial charge is 0.271 e. The first kappa shape index (κ1) is 29.8. The number of methoxy groups -OCH3 is 1. The lowest BCUT2D eigenvalue weighted by Crippen LogP contribution is -2.52. The average Bonchev–Trinajstić information content (AvgIpc) is 2.85. The zero-order valence-electron chi connectivity index (χ0n) is 21.1. The van der Waals surface area contributed by atoms with Gasteiger partial charge in [-0.05, 0) is 36.6 Å². The molecule has 1 atom stereocenters. The Bertz CT molecular complexity index is 1220. The maximum Gasteiger partial charge on any atom is 0.271 e. The maximum absolute atomic E-state index is 13.7. The van der Waals surface area contributed by atoms with Gasteiger partial charge in [-0.1, -0.05) is 37.6 Å². The Hall–Kier alpha value is -3.38. The number of sulfonamides is 1. The summed E-state index contributed by atoms with van der Waals surface area (Å²) in [6.07, 6.45) is 1.85. The SMILES string of the molecule is CCCNC(=O)[C@H](CC)N(Cc1ccc(Cl)cc1)C(=O)CN(c1cc([N+](=O)[O-])ccc1OC)S(C)(=O)=O. The van der Waals surface area contributed by atoms with Gasteiger partial charge in [0, 0.05) is 30.2 Å². The molecule has 2 amide bonds. The van der Waals surface area contributed by atoms with Crippen LogP contribution in [0.25, 0.3) is 0 Å². The summed E-state index contributed by atoms with van der Waals surface area (Å²) < 4.78 is 31.5. The van der Waals surface area contributed by atoms with E-state index in [1.807, 2.05) is 6.92 Å². The lowest BCUT2D eigenvalue weighted by atomic mass is 10.1. The van der Waals surface area contributed by atoms with E-state index in [0.717, 1.165) is 16.6 Å². The largest absolute Gasteiger partial charge is 0.495 e. The number of nitrogens with one attached hydrogen (secondary N) is 1. The number of nitrogens with zero attached hydrogens (tertiary/aromatic N) is 3. The number of hydrogen-bond acceptors (Lipinski definition) is 7. The zero-order valence-corrected chi connectivity index (χ0v) is 22.7. The van der Waals surface area contributed by atoms with E-state index in [9.17, 15) is 28.1 Å². The van der Waals surface area contributed by atoms with Crippen molar-refractivity contribution in [2.24, 2.45) is 0 Å². The Morgan fingerprint density at radius 1 is 1.16 bits per heavy atom. The third kappa shape index (κ3) is 8.05. The number of nitro groups is 1. The normalized spacial score (nSPS) is 11.9. The van der Waals surface area contributed by atoms with E-state index in [0.29, 0.717) is 23.6 Å². The number of benzene rings is 2. The van der Waals surface area contributed by atoms with E-state index in [-0.39, 0.29) is 36.0 Å². The van der Waals surface area contributed by atoms with Crippen LogP contribution in [0.5, 0.6) is 5.75 Å². The zero-order chi connectivity index (χ0) is 27.8. The standard InChI is InChI=1S/C24H31ClN4O7S/c1-5-13-26-24(31)20(6-2)27(15-17-7-9-18(25)10-8-17)23(30)16-28(37(4,34)35)21-14-19(29(32)33)11-12-22(21)36-3/h7-12,14,20H,5-6,13,15-16H2,1-4H3,(H,26,31)/t20-/m0/s1. The van der Waals surface area contributed by atoms with Crippen molar-refractivity contribution in [2.75, 3.05) is 30.8 Å². The molecule has 0 bridgehead atoms. The number of carbonyl (C=O) groups is 2. The molecule has 0 saturated carbocycles. The molecule has 0 heterocycles. The molecule has 1 N–H and O–H groups in total. The molecule has 0 aliphatic carbocycles. The highest BCUT2D eigenvalue weighted by molar-refractivity contribution is 7.92. The van der Waals surface area contributed by atoms with Crippen molar-refractivity contribution in [1.29, 1.82) is 0 Å². The second-order valence-electron chi connectivity index (χ2n) is 8.25. The van der Waals surface area contributed by atoms with Crippen LogP contribution in [0.1, 0.15) is 32.3 Å². The molecule has 37 heavy (non-hydrogen) atoms. The first-order valence-electron chi connectivity index (χ1n) is 11.5. The number of hydrogen-bond donors (Lipinski definition) is 1. The van der Waals surface area contributed by atoms with E-state index < -0.39 is 33.4 Å². The van der Waals surface area contributed by atoms with Crippen LogP contribution in [0.3, 0.4) is 0 Å². The van der Waals surface area contributed by atoms with Crippen LogP contribution in [-0.4, -0.2) is 62.6 Å². The number of halogens is 1. The summed E-state index contributed by atoms with van der Waals surface area (Å²) in [4.78, 5) is 38.6. The minimum atomic E-state index is -4.10. The Balaban J connectivity index is 2.54. The molecule has 0 aliphatic heterocycles. The van der Waals surface area contributed by atoms with Gasteiger partial charge in [-0.15, -0.1) is 0 Å². The first-order chi connectivity index (χ1) is 17.4. The molecule has 0 saturated heterocycles. The van der Waals surface area contributed by atoms with Crippen LogP contribution in [0, 0.1) is 10.1 Å². The number of carbonyl (C=O) groups excluding carboxylic acids is 2. The highest BCUT2D eigenvalue weighted by Crippen LogP contribution is 2.34. The van der Waals surface area contributed by atoms with Crippen LogP contribution in [0.4, 0.5) is 11.4 Å². The molecular formula is C24H31ClN4O7S. The molecule has 2 rings (SSSR count). The molecule has 202 valence electrons. The van der Waals surface area contributed by atoms with Crippen molar-refractivity contribution in [3.05, 3.63) is 63.2 Å². The van der Waals surface area contributed by atoms with Crippen molar-refractivity contribution in [3.8, 4) is 5.75 Å². The number of anilines is 1. The molecular weight excluding hydrogens is 524 g/mol. The summed E-state index contributed by atoms with van der Waals surface area (Å²) in [6, 6.07) is 9.28. The molecule has 0 fully saturated rings. The van der Waals surface area contributed by atoms with E-state index >= 15 is 0 Å². The second kappa shape index (κ2) is 13.2. The van der Waals surface area contributed by atoms with Crippen LogP contribution >= 0.6 is 11.6 Å². The number of amides is 2. The third-order valence-electron chi connectivity index (χ3n) is 5.52. The Morgan fingerprint density at radius 2 is 1.81 bits per heavy atom. The van der Waals surface area contributed by atoms with Crippen LogP contribution < -0.4 is 14.4 Å². The van der Waals surface area contributed by atoms with Gasteiger partial charge in [-0.25, -0.2) is 8.42 Å². The summed E-state index contributed by atoms with van der Waals surface area (Å²) in [5.74, 6) is -1.02.